The zero-order chi connectivity index (χ0) is 15.4. The number of carbonyl (C=O) groups excluding carboxylic acids is 1. The molecule has 1 fully saturated rings. The first-order chi connectivity index (χ1) is 10.1. The minimum Gasteiger partial charge on any atom is -0.368 e. The molecule has 0 aliphatic carbocycles. The second kappa shape index (κ2) is 7.05. The Bertz CT molecular complexity index is 489. The third kappa shape index (κ3) is 3.44. The first-order valence-corrected chi connectivity index (χ1v) is 7.92. The lowest BCUT2D eigenvalue weighted by Gasteiger charge is -2.42. The Kier molecular flexibility index (Phi) is 5.37. The van der Waals surface area contributed by atoms with Crippen molar-refractivity contribution >= 4 is 5.91 Å². The van der Waals surface area contributed by atoms with E-state index in [2.05, 4.69) is 30.9 Å². The second-order valence-corrected chi connectivity index (χ2v) is 6.03. The fourth-order valence-corrected chi connectivity index (χ4v) is 3.39. The van der Waals surface area contributed by atoms with Crippen molar-refractivity contribution in [2.45, 2.75) is 57.7 Å². The summed E-state index contributed by atoms with van der Waals surface area (Å²) in [5, 5.41) is 0. The van der Waals surface area contributed by atoms with Gasteiger partial charge >= 0.3 is 0 Å². The second-order valence-electron chi connectivity index (χ2n) is 6.03. The van der Waals surface area contributed by atoms with Crippen molar-refractivity contribution in [3.05, 3.63) is 35.4 Å². The van der Waals surface area contributed by atoms with Crippen LogP contribution in [0.25, 0.3) is 0 Å². The Hall–Kier alpha value is -1.39. The van der Waals surface area contributed by atoms with Gasteiger partial charge in [0.15, 0.2) is 0 Å². The first kappa shape index (κ1) is 16.0. The number of primary amides is 1. The molecule has 0 bridgehead atoms. The Balaban J connectivity index is 2.39. The quantitative estimate of drug-likeness (QED) is 0.872. The van der Waals surface area contributed by atoms with Crippen molar-refractivity contribution in [3.8, 4) is 0 Å². The summed E-state index contributed by atoms with van der Waals surface area (Å²) in [6.45, 7) is 5.09. The maximum absolute atomic E-state index is 11.8. The number of nitrogens with two attached hydrogens (primary N) is 2. The van der Waals surface area contributed by atoms with Crippen LogP contribution in [0.1, 0.15) is 49.8 Å². The molecule has 4 heteroatoms. The van der Waals surface area contributed by atoms with E-state index in [-0.39, 0.29) is 24.0 Å². The summed E-state index contributed by atoms with van der Waals surface area (Å²) in [5.74, 6) is -0.225. The van der Waals surface area contributed by atoms with Gasteiger partial charge in [-0.25, -0.2) is 0 Å². The van der Waals surface area contributed by atoms with Gasteiger partial charge in [0, 0.05) is 6.04 Å². The van der Waals surface area contributed by atoms with Crippen LogP contribution < -0.4 is 11.5 Å². The molecule has 4 N–H and O–H groups in total. The highest BCUT2D eigenvalue weighted by Crippen LogP contribution is 2.33. The molecule has 1 aromatic rings. The molecular formula is C17H27N3O. The van der Waals surface area contributed by atoms with Gasteiger partial charge in [-0.2, -0.15) is 0 Å². The average molecular weight is 289 g/mol. The zero-order valence-corrected chi connectivity index (χ0v) is 13.1. The lowest BCUT2D eigenvalue weighted by Crippen LogP contribution is -2.53. The average Bonchev–Trinajstić information content (AvgIpc) is 2.49. The van der Waals surface area contributed by atoms with Crippen LogP contribution in [-0.4, -0.2) is 29.4 Å². The standard InChI is InChI=1S/C17H27N3O/c1-3-14(18)16(13-9-5-4-8-12(13)2)20-11-7-6-10-15(20)17(19)21/h4-5,8-9,14-16H,3,6-7,10-11,18H2,1-2H3,(H2,19,21). The summed E-state index contributed by atoms with van der Waals surface area (Å²) in [6.07, 6.45) is 3.88. The number of amides is 1. The highest BCUT2D eigenvalue weighted by atomic mass is 16.1. The van der Waals surface area contributed by atoms with E-state index in [0.717, 1.165) is 32.2 Å². The lowest BCUT2D eigenvalue weighted by atomic mass is 9.89. The molecule has 1 aromatic carbocycles. The van der Waals surface area contributed by atoms with Crippen molar-refractivity contribution in [2.24, 2.45) is 11.5 Å². The van der Waals surface area contributed by atoms with Crippen molar-refractivity contribution < 1.29 is 4.79 Å². The van der Waals surface area contributed by atoms with E-state index in [4.69, 9.17) is 11.5 Å². The van der Waals surface area contributed by atoms with Crippen molar-refractivity contribution in [1.82, 2.24) is 4.90 Å². The Labute approximate surface area is 127 Å². The predicted molar refractivity (Wildman–Crippen MR) is 85.7 cm³/mol. The van der Waals surface area contributed by atoms with E-state index in [1.165, 1.54) is 11.1 Å². The van der Waals surface area contributed by atoms with Gasteiger partial charge in [-0.05, 0) is 43.9 Å². The molecule has 3 unspecified atom stereocenters. The normalized spacial score (nSPS) is 22.7. The minimum absolute atomic E-state index is 0.00560. The van der Waals surface area contributed by atoms with Gasteiger partial charge in [-0.1, -0.05) is 37.6 Å². The summed E-state index contributed by atoms with van der Waals surface area (Å²) in [5.41, 5.74) is 14.5. The summed E-state index contributed by atoms with van der Waals surface area (Å²) in [7, 11) is 0. The van der Waals surface area contributed by atoms with Crippen molar-refractivity contribution in [1.29, 1.82) is 0 Å². The highest BCUT2D eigenvalue weighted by molar-refractivity contribution is 5.80. The van der Waals surface area contributed by atoms with Crippen molar-refractivity contribution in [3.63, 3.8) is 0 Å². The van der Waals surface area contributed by atoms with E-state index in [9.17, 15) is 4.79 Å². The van der Waals surface area contributed by atoms with E-state index in [1.807, 2.05) is 12.1 Å². The van der Waals surface area contributed by atoms with E-state index in [1.54, 1.807) is 0 Å². The largest absolute Gasteiger partial charge is 0.368 e. The number of carbonyl (C=O) groups is 1. The van der Waals surface area contributed by atoms with Gasteiger partial charge in [0.25, 0.3) is 0 Å². The molecule has 3 atom stereocenters. The van der Waals surface area contributed by atoms with Crippen LogP contribution in [0.2, 0.25) is 0 Å². The molecule has 1 aliphatic heterocycles. The topological polar surface area (TPSA) is 72.3 Å². The molecule has 0 saturated carbocycles. The number of piperidine rings is 1. The summed E-state index contributed by atoms with van der Waals surface area (Å²) >= 11 is 0. The number of hydrogen-bond acceptors (Lipinski definition) is 3. The van der Waals surface area contributed by atoms with Gasteiger partial charge in [-0.15, -0.1) is 0 Å². The first-order valence-electron chi connectivity index (χ1n) is 7.92. The Morgan fingerprint density at radius 1 is 1.38 bits per heavy atom. The molecule has 0 radical (unpaired) electrons. The molecule has 2 rings (SSSR count). The van der Waals surface area contributed by atoms with Gasteiger partial charge < -0.3 is 11.5 Å². The van der Waals surface area contributed by atoms with Crippen LogP contribution in [0.15, 0.2) is 24.3 Å². The van der Waals surface area contributed by atoms with E-state index >= 15 is 0 Å². The smallest absolute Gasteiger partial charge is 0.234 e. The van der Waals surface area contributed by atoms with E-state index < -0.39 is 0 Å². The summed E-state index contributed by atoms with van der Waals surface area (Å²) in [6, 6.07) is 8.19. The molecule has 0 aromatic heterocycles. The molecule has 116 valence electrons. The molecule has 1 saturated heterocycles. The molecule has 21 heavy (non-hydrogen) atoms. The van der Waals surface area contributed by atoms with E-state index in [0.29, 0.717) is 0 Å². The molecule has 1 heterocycles. The molecular weight excluding hydrogens is 262 g/mol. The van der Waals surface area contributed by atoms with Gasteiger partial charge in [-0.3, -0.25) is 9.69 Å². The van der Waals surface area contributed by atoms with Gasteiger partial charge in [0.1, 0.15) is 0 Å². The number of likely N-dealkylation sites (tertiary alicyclic amines) is 1. The fraction of sp³-hybridized carbons (Fsp3) is 0.588. The molecule has 0 spiro atoms. The Morgan fingerprint density at radius 3 is 2.71 bits per heavy atom. The SMILES string of the molecule is CCC(N)C(c1ccccc1C)N1CCCCC1C(N)=O. The van der Waals surface area contributed by atoms with Crippen LogP contribution in [0.3, 0.4) is 0 Å². The highest BCUT2D eigenvalue weighted by Gasteiger charge is 2.36. The predicted octanol–water partition coefficient (Wildman–Crippen LogP) is 2.11. The molecule has 1 aliphatic rings. The maximum atomic E-state index is 11.8. The number of hydrogen-bond donors (Lipinski definition) is 2. The minimum atomic E-state index is -0.225. The number of benzene rings is 1. The van der Waals surface area contributed by atoms with Crippen LogP contribution in [-0.2, 0) is 4.79 Å². The maximum Gasteiger partial charge on any atom is 0.234 e. The van der Waals surface area contributed by atoms with Crippen LogP contribution in [0.5, 0.6) is 0 Å². The van der Waals surface area contributed by atoms with Crippen molar-refractivity contribution in [2.75, 3.05) is 6.54 Å². The van der Waals surface area contributed by atoms with Crippen LogP contribution in [0, 0.1) is 6.92 Å². The third-order valence-corrected chi connectivity index (χ3v) is 4.61. The lowest BCUT2D eigenvalue weighted by molar-refractivity contribution is -0.125. The fourth-order valence-electron chi connectivity index (χ4n) is 3.39. The van der Waals surface area contributed by atoms with Gasteiger partial charge in [0.2, 0.25) is 5.91 Å². The van der Waals surface area contributed by atoms with Crippen LogP contribution >= 0.6 is 0 Å². The summed E-state index contributed by atoms with van der Waals surface area (Å²) in [4.78, 5) is 14.1. The number of rotatable bonds is 5. The third-order valence-electron chi connectivity index (χ3n) is 4.61. The number of nitrogens with zero attached hydrogens (tertiary/aromatic N) is 1. The summed E-state index contributed by atoms with van der Waals surface area (Å²) < 4.78 is 0. The Morgan fingerprint density at radius 2 is 2.10 bits per heavy atom. The number of aryl methyl sites for hydroxylation is 1. The van der Waals surface area contributed by atoms with Gasteiger partial charge in [0.05, 0.1) is 12.1 Å². The monoisotopic (exact) mass is 289 g/mol. The zero-order valence-electron chi connectivity index (χ0n) is 13.1. The molecule has 1 amide bonds. The van der Waals surface area contributed by atoms with Crippen LogP contribution in [0.4, 0.5) is 0 Å². The molecule has 4 nitrogen and oxygen atoms in total.